The zero-order valence-electron chi connectivity index (χ0n) is 10.4. The zero-order chi connectivity index (χ0) is 14.7. The average Bonchev–Trinajstić information content (AvgIpc) is 2.41. The summed E-state index contributed by atoms with van der Waals surface area (Å²) in [6.07, 6.45) is 0. The number of halogens is 3. The number of hydrogen-bond acceptors (Lipinski definition) is 2. The normalized spacial score (nSPS) is 10.2. The highest BCUT2D eigenvalue weighted by Crippen LogP contribution is 2.29. The Labute approximate surface area is 140 Å². The summed E-state index contributed by atoms with van der Waals surface area (Å²) in [5, 5.41) is 3.65. The van der Waals surface area contributed by atoms with Crippen LogP contribution in [0.4, 0.5) is 5.69 Å². The van der Waals surface area contributed by atoms with E-state index in [1.54, 1.807) is 30.3 Å². The lowest BCUT2D eigenvalue weighted by Crippen LogP contribution is -2.13. The molecule has 1 amide bonds. The molecule has 2 aromatic rings. The van der Waals surface area contributed by atoms with Gasteiger partial charge in [0, 0.05) is 8.59 Å². The molecule has 3 nitrogen and oxygen atoms in total. The van der Waals surface area contributed by atoms with Crippen LogP contribution in [-0.4, -0.2) is 13.0 Å². The van der Waals surface area contributed by atoms with E-state index in [1.807, 2.05) is 6.07 Å². The molecule has 0 aliphatic carbocycles. The lowest BCUT2D eigenvalue weighted by atomic mass is 10.2. The van der Waals surface area contributed by atoms with Crippen molar-refractivity contribution >= 4 is 57.4 Å². The molecule has 0 radical (unpaired) electrons. The second kappa shape index (κ2) is 6.65. The highest BCUT2D eigenvalue weighted by atomic mass is 127. The number of benzene rings is 2. The van der Waals surface area contributed by atoms with Gasteiger partial charge in [-0.05, 0) is 59.0 Å². The van der Waals surface area contributed by atoms with Gasteiger partial charge < -0.3 is 10.1 Å². The van der Waals surface area contributed by atoms with Crippen LogP contribution in [0.3, 0.4) is 0 Å². The van der Waals surface area contributed by atoms with Crippen LogP contribution in [0.2, 0.25) is 10.0 Å². The van der Waals surface area contributed by atoms with Gasteiger partial charge in [0.1, 0.15) is 5.75 Å². The molecule has 2 rings (SSSR count). The van der Waals surface area contributed by atoms with Crippen molar-refractivity contribution in [3.8, 4) is 5.75 Å². The fourth-order valence-electron chi connectivity index (χ4n) is 1.64. The van der Waals surface area contributed by atoms with Gasteiger partial charge in [-0.25, -0.2) is 0 Å². The first-order chi connectivity index (χ1) is 9.51. The third-order valence-corrected chi connectivity index (χ3v) is 3.82. The van der Waals surface area contributed by atoms with E-state index in [1.165, 1.54) is 7.11 Å². The van der Waals surface area contributed by atoms with Crippen molar-refractivity contribution in [1.82, 2.24) is 0 Å². The smallest absolute Gasteiger partial charge is 0.257 e. The van der Waals surface area contributed by atoms with Crippen molar-refractivity contribution in [2.75, 3.05) is 12.4 Å². The number of carbonyl (C=O) groups excluding carboxylic acids is 1. The minimum absolute atomic E-state index is 0.311. The molecule has 2 aromatic carbocycles. The van der Waals surface area contributed by atoms with E-state index in [2.05, 4.69) is 27.9 Å². The SMILES string of the molecule is COc1ccc(Cl)cc1NC(=O)c1cc(I)ccc1Cl. The Morgan fingerprint density at radius 1 is 1.20 bits per heavy atom. The van der Waals surface area contributed by atoms with Crippen molar-refractivity contribution in [1.29, 1.82) is 0 Å². The Hall–Kier alpha value is -0.980. The van der Waals surface area contributed by atoms with Crippen LogP contribution in [0, 0.1) is 3.57 Å². The van der Waals surface area contributed by atoms with E-state index in [4.69, 9.17) is 27.9 Å². The molecule has 20 heavy (non-hydrogen) atoms. The largest absolute Gasteiger partial charge is 0.495 e. The predicted molar refractivity (Wildman–Crippen MR) is 90.1 cm³/mol. The van der Waals surface area contributed by atoms with E-state index in [0.717, 1.165) is 3.57 Å². The number of nitrogens with one attached hydrogen (secondary N) is 1. The minimum Gasteiger partial charge on any atom is -0.495 e. The van der Waals surface area contributed by atoms with Crippen molar-refractivity contribution in [3.05, 3.63) is 55.6 Å². The number of amides is 1. The quantitative estimate of drug-likeness (QED) is 0.718. The van der Waals surface area contributed by atoms with Gasteiger partial charge in [-0.2, -0.15) is 0 Å². The van der Waals surface area contributed by atoms with Gasteiger partial charge in [-0.3, -0.25) is 4.79 Å². The summed E-state index contributed by atoms with van der Waals surface area (Å²) in [6.45, 7) is 0. The fraction of sp³-hybridized carbons (Fsp3) is 0.0714. The molecule has 0 saturated carbocycles. The summed E-state index contributed by atoms with van der Waals surface area (Å²) < 4.78 is 6.11. The molecule has 0 spiro atoms. The molecule has 0 aliphatic heterocycles. The Bertz CT molecular complexity index is 662. The first-order valence-corrected chi connectivity index (χ1v) is 7.44. The zero-order valence-corrected chi connectivity index (χ0v) is 14.1. The van der Waals surface area contributed by atoms with E-state index in [-0.39, 0.29) is 5.91 Å². The van der Waals surface area contributed by atoms with Crippen LogP contribution in [0.15, 0.2) is 36.4 Å². The van der Waals surface area contributed by atoms with Crippen LogP contribution in [0.5, 0.6) is 5.75 Å². The monoisotopic (exact) mass is 421 g/mol. The molecule has 0 heterocycles. The summed E-state index contributed by atoms with van der Waals surface area (Å²) in [5.74, 6) is 0.221. The third-order valence-electron chi connectivity index (χ3n) is 2.58. The Kier molecular flexibility index (Phi) is 5.12. The van der Waals surface area contributed by atoms with E-state index >= 15 is 0 Å². The molecule has 0 atom stereocenters. The Balaban J connectivity index is 2.32. The summed E-state index contributed by atoms with van der Waals surface area (Å²) in [6, 6.07) is 10.2. The van der Waals surface area contributed by atoms with Gasteiger partial charge in [-0.15, -0.1) is 0 Å². The second-order valence-electron chi connectivity index (χ2n) is 3.92. The van der Waals surface area contributed by atoms with Crippen LogP contribution >= 0.6 is 45.8 Å². The number of carbonyl (C=O) groups is 1. The molecule has 6 heteroatoms. The summed E-state index contributed by atoms with van der Waals surface area (Å²) >= 11 is 14.1. The lowest BCUT2D eigenvalue weighted by molar-refractivity contribution is 0.102. The summed E-state index contributed by atoms with van der Waals surface area (Å²) in [7, 11) is 1.53. The topological polar surface area (TPSA) is 38.3 Å². The van der Waals surface area contributed by atoms with Crippen molar-refractivity contribution < 1.29 is 9.53 Å². The molecule has 0 bridgehead atoms. The molecule has 0 unspecified atom stereocenters. The molecule has 0 aromatic heterocycles. The first kappa shape index (κ1) is 15.4. The van der Waals surface area contributed by atoms with Crippen LogP contribution in [-0.2, 0) is 0 Å². The van der Waals surface area contributed by atoms with Gasteiger partial charge in [0.2, 0.25) is 0 Å². The van der Waals surface area contributed by atoms with Crippen molar-refractivity contribution in [3.63, 3.8) is 0 Å². The maximum absolute atomic E-state index is 12.3. The van der Waals surface area contributed by atoms with Crippen molar-refractivity contribution in [2.24, 2.45) is 0 Å². The van der Waals surface area contributed by atoms with Crippen LogP contribution < -0.4 is 10.1 Å². The van der Waals surface area contributed by atoms with Gasteiger partial charge in [-0.1, -0.05) is 23.2 Å². The number of hydrogen-bond donors (Lipinski definition) is 1. The molecular formula is C14H10Cl2INO2. The van der Waals surface area contributed by atoms with Crippen LogP contribution in [0.1, 0.15) is 10.4 Å². The average molecular weight is 422 g/mol. The number of anilines is 1. The standard InChI is InChI=1S/C14H10Cl2INO2/c1-20-13-5-2-8(15)6-12(13)18-14(19)10-7-9(17)3-4-11(10)16/h2-7H,1H3,(H,18,19). The maximum atomic E-state index is 12.3. The number of rotatable bonds is 3. The summed E-state index contributed by atoms with van der Waals surface area (Å²) in [5.41, 5.74) is 0.903. The van der Waals surface area contributed by atoms with Gasteiger partial charge in [0.25, 0.3) is 5.91 Å². The van der Waals surface area contributed by atoms with Gasteiger partial charge >= 0.3 is 0 Å². The second-order valence-corrected chi connectivity index (χ2v) is 6.01. The van der Waals surface area contributed by atoms with E-state index in [0.29, 0.717) is 27.0 Å². The Morgan fingerprint density at radius 2 is 1.95 bits per heavy atom. The first-order valence-electron chi connectivity index (χ1n) is 5.61. The maximum Gasteiger partial charge on any atom is 0.257 e. The molecule has 104 valence electrons. The summed E-state index contributed by atoms with van der Waals surface area (Å²) in [4.78, 5) is 12.3. The molecule has 0 aliphatic rings. The minimum atomic E-state index is -0.311. The molecular weight excluding hydrogens is 412 g/mol. The van der Waals surface area contributed by atoms with Gasteiger partial charge in [0.05, 0.1) is 23.4 Å². The predicted octanol–water partition coefficient (Wildman–Crippen LogP) is 4.86. The molecule has 0 saturated heterocycles. The molecule has 1 N–H and O–H groups in total. The highest BCUT2D eigenvalue weighted by Gasteiger charge is 2.13. The van der Waals surface area contributed by atoms with E-state index in [9.17, 15) is 4.79 Å². The number of ether oxygens (including phenoxy) is 1. The fourth-order valence-corrected chi connectivity index (χ4v) is 2.51. The third kappa shape index (κ3) is 3.56. The number of methoxy groups -OCH3 is 1. The molecule has 0 fully saturated rings. The van der Waals surface area contributed by atoms with E-state index < -0.39 is 0 Å². The van der Waals surface area contributed by atoms with Gasteiger partial charge in [0.15, 0.2) is 0 Å². The Morgan fingerprint density at radius 3 is 2.65 bits per heavy atom. The lowest BCUT2D eigenvalue weighted by Gasteiger charge is -2.11. The highest BCUT2D eigenvalue weighted by molar-refractivity contribution is 14.1. The van der Waals surface area contributed by atoms with Crippen LogP contribution in [0.25, 0.3) is 0 Å². The van der Waals surface area contributed by atoms with Crippen molar-refractivity contribution in [2.45, 2.75) is 0 Å².